The number of anilines is 3. The van der Waals surface area contributed by atoms with E-state index in [1.165, 1.54) is 27.1 Å². The Morgan fingerprint density at radius 1 is 0.201 bits per heavy atom. The number of para-hydroxylation sites is 3. The van der Waals surface area contributed by atoms with E-state index in [4.69, 9.17) is 41.4 Å². The van der Waals surface area contributed by atoms with Crippen molar-refractivity contribution in [2.75, 3.05) is 16.8 Å². The van der Waals surface area contributed by atoms with Crippen molar-refractivity contribution < 1.29 is 4.79 Å². The van der Waals surface area contributed by atoms with E-state index in [0.717, 1.165) is 178 Å². The van der Waals surface area contributed by atoms with E-state index in [1.807, 2.05) is 206 Å². The number of nitrogens with one attached hydrogen (secondary N) is 1. The lowest BCUT2D eigenvalue weighted by Crippen LogP contribution is -2.13. The quantitative estimate of drug-likeness (QED) is 0.0711. The fourth-order valence-electron chi connectivity index (χ4n) is 17.3. The highest BCUT2D eigenvalue weighted by molar-refractivity contribution is 9.10. The second-order valence-electron chi connectivity index (χ2n) is 32.5. The van der Waals surface area contributed by atoms with Crippen LogP contribution in [0.4, 0.5) is 17.1 Å². The maximum absolute atomic E-state index is 13.9. The van der Waals surface area contributed by atoms with E-state index >= 15 is 0 Å². The van der Waals surface area contributed by atoms with E-state index in [9.17, 15) is 4.79 Å². The molecule has 1 amide bonds. The number of nitrogens with zero attached hydrogens (tertiary/aromatic N) is 6. The first-order valence-electron chi connectivity index (χ1n) is 44.5. The summed E-state index contributed by atoms with van der Waals surface area (Å²) in [6, 6.07) is 167. The maximum atomic E-state index is 13.9. The van der Waals surface area contributed by atoms with Gasteiger partial charge in [0.2, 0.25) is 0 Å². The Balaban J connectivity index is 0.000000129. The molecule has 19 aromatic carbocycles. The van der Waals surface area contributed by atoms with Crippen LogP contribution in [0.15, 0.2) is 496 Å². The van der Waals surface area contributed by atoms with Gasteiger partial charge in [-0.05, 0) is 124 Å². The molecule has 10 nitrogen and oxygen atoms in total. The molecule has 134 heavy (non-hydrogen) atoms. The lowest BCUT2D eigenvalue weighted by Gasteiger charge is -2.20. The molecule has 0 unspecified atom stereocenters. The Morgan fingerprint density at radius 3 is 0.821 bits per heavy atom. The Morgan fingerprint density at radius 2 is 0.440 bits per heavy atom. The fraction of sp³-hybridized carbons (Fsp3) is 0. The van der Waals surface area contributed by atoms with Gasteiger partial charge < -0.3 is 16.8 Å². The number of halogens is 1. The van der Waals surface area contributed by atoms with Gasteiger partial charge in [0.15, 0.2) is 17.5 Å². The predicted molar refractivity (Wildman–Crippen MR) is 559 cm³/mol. The highest BCUT2D eigenvalue weighted by Gasteiger charge is 2.23. The lowest BCUT2D eigenvalue weighted by atomic mass is 9.88. The second-order valence-corrected chi connectivity index (χ2v) is 33.3. The molecule has 0 atom stereocenters. The van der Waals surface area contributed by atoms with Crippen molar-refractivity contribution in [2.24, 2.45) is 0 Å². The highest BCUT2D eigenvalue weighted by atomic mass is 79.9. The van der Waals surface area contributed by atoms with Crippen LogP contribution < -0.4 is 16.8 Å². The number of carbonyl (C=O) groups excluding carboxylic acids is 1. The summed E-state index contributed by atoms with van der Waals surface area (Å²) < 4.78 is 0.898. The summed E-state index contributed by atoms with van der Waals surface area (Å²) in [7, 11) is 0. The largest absolute Gasteiger partial charge is 0.398 e. The van der Waals surface area contributed by atoms with Crippen LogP contribution in [0, 0.1) is 0 Å². The lowest BCUT2D eigenvalue weighted by molar-refractivity contribution is 0.102. The van der Waals surface area contributed by atoms with E-state index in [0.29, 0.717) is 23.0 Å². The summed E-state index contributed by atoms with van der Waals surface area (Å²) >= 11 is 3.51. The van der Waals surface area contributed by atoms with E-state index in [1.54, 1.807) is 0 Å². The van der Waals surface area contributed by atoms with Crippen molar-refractivity contribution in [3.05, 3.63) is 501 Å². The van der Waals surface area contributed by atoms with Gasteiger partial charge in [0, 0.05) is 93.6 Å². The SMILES string of the molecule is Nc1c(-c2ccc(-c3cc(-c4ccccc4)nc(-c4ccccc4)n3)cc2)cccc1-c1ccccc1-c1cccc2ccccc12.Nc1c(Br)cccc1-c1ccc(-c2cc(-c3ccccc3)nc(-c3ccccc3)n2)cc1.O=C(Nc1c(-c2ccc(-c3cc(-c4ccccc4)nc(-c4ccccc4)n3)cc2)cccc1-c1ccccc1-c1cccc2ccccc12)c1ccccc1. The molecule has 5 N–H and O–H groups in total. The van der Waals surface area contributed by atoms with Crippen molar-refractivity contribution in [1.82, 2.24) is 29.9 Å². The van der Waals surface area contributed by atoms with Crippen molar-refractivity contribution >= 4 is 60.4 Å². The molecule has 0 bridgehead atoms. The molecular formula is C123H86BrN9O. The van der Waals surface area contributed by atoms with Crippen molar-refractivity contribution in [3.63, 3.8) is 0 Å². The second kappa shape index (κ2) is 39.2. The normalized spacial score (nSPS) is 11.0. The zero-order valence-corrected chi connectivity index (χ0v) is 74.5. The maximum Gasteiger partial charge on any atom is 0.255 e. The molecule has 3 heterocycles. The molecule has 636 valence electrons. The van der Waals surface area contributed by atoms with E-state index in [2.05, 4.69) is 306 Å². The molecule has 11 heteroatoms. The van der Waals surface area contributed by atoms with Crippen LogP contribution in [0.25, 0.3) is 201 Å². The van der Waals surface area contributed by atoms with E-state index < -0.39 is 0 Å². The molecule has 0 radical (unpaired) electrons. The number of hydrogen-bond acceptors (Lipinski definition) is 9. The molecular weight excluding hydrogens is 1700 g/mol. The van der Waals surface area contributed by atoms with Gasteiger partial charge in [-0.2, -0.15) is 0 Å². The predicted octanol–water partition coefficient (Wildman–Crippen LogP) is 31.6. The van der Waals surface area contributed by atoms with Gasteiger partial charge in [0.1, 0.15) is 0 Å². The third-order valence-electron chi connectivity index (χ3n) is 24.1. The minimum Gasteiger partial charge on any atom is -0.398 e. The minimum absolute atomic E-state index is 0.170. The van der Waals surface area contributed by atoms with Gasteiger partial charge in [-0.3, -0.25) is 4.79 Å². The number of aromatic nitrogens is 6. The Labute approximate surface area is 787 Å². The molecule has 0 saturated heterocycles. The topological polar surface area (TPSA) is 158 Å². The fourth-order valence-corrected chi connectivity index (χ4v) is 17.6. The van der Waals surface area contributed by atoms with Crippen molar-refractivity contribution in [1.29, 1.82) is 0 Å². The summed E-state index contributed by atoms with van der Waals surface area (Å²) in [5, 5.41) is 8.14. The number of benzene rings is 19. The number of carbonyl (C=O) groups is 1. The molecule has 3 aromatic heterocycles. The summed E-state index contributed by atoms with van der Waals surface area (Å²) in [6.07, 6.45) is 0. The van der Waals surface area contributed by atoms with Crippen LogP contribution in [0.3, 0.4) is 0 Å². The molecule has 0 saturated carbocycles. The molecule has 0 spiro atoms. The first kappa shape index (κ1) is 84.6. The number of rotatable bonds is 18. The molecule has 0 aliphatic heterocycles. The van der Waals surface area contributed by atoms with Gasteiger partial charge in [-0.15, -0.1) is 0 Å². The van der Waals surface area contributed by atoms with Crippen molar-refractivity contribution in [3.8, 4) is 180 Å². The highest BCUT2D eigenvalue weighted by Crippen LogP contribution is 2.46. The number of nitrogens with two attached hydrogens (primary N) is 2. The van der Waals surface area contributed by atoms with Crippen LogP contribution in [0.1, 0.15) is 10.4 Å². The Hall–Kier alpha value is -17.5. The number of hydrogen-bond donors (Lipinski definition) is 3. The van der Waals surface area contributed by atoms with Crippen LogP contribution >= 0.6 is 15.9 Å². The zero-order chi connectivity index (χ0) is 90.5. The zero-order valence-electron chi connectivity index (χ0n) is 72.9. The van der Waals surface area contributed by atoms with Crippen LogP contribution in [-0.4, -0.2) is 35.8 Å². The molecule has 0 fully saturated rings. The van der Waals surface area contributed by atoms with Crippen LogP contribution in [0.5, 0.6) is 0 Å². The summed E-state index contributed by atoms with van der Waals surface area (Å²) in [4.78, 5) is 43.6. The average Bonchev–Trinajstić information content (AvgIpc) is 0.757. The van der Waals surface area contributed by atoms with Crippen LogP contribution in [-0.2, 0) is 0 Å². The number of nitrogen functional groups attached to an aromatic ring is 2. The molecule has 0 aliphatic carbocycles. The number of fused-ring (bicyclic) bond motifs is 2. The monoisotopic (exact) mass is 1780 g/mol. The van der Waals surface area contributed by atoms with Crippen molar-refractivity contribution in [2.45, 2.75) is 0 Å². The summed E-state index contributed by atoms with van der Waals surface area (Å²) in [5.41, 5.74) is 45.1. The Kier molecular flexibility index (Phi) is 24.8. The molecule has 0 aliphatic rings. The standard InChI is InChI=1S/C51H35N3O.C44H31N3.C28H20BrN3/c55-51(40-21-8-3-9-22-40)54-49-42(27-15-29-46(49)45-26-13-12-25-44(45)43-28-14-23-35-16-10-11-24-41(35)43)36-30-32-38(33-31-36)48-34-47(37-17-4-1-5-18-37)52-50(53-48)39-19-6-2-7-20-39;45-43-36(22-12-24-40(43)39-21-10-9-20-38(39)37-23-11-18-30-13-7-8-19-35(30)37)31-25-27-33(28-26-31)42-29-41(32-14-3-1-4-15-32)46-44(47-42)34-16-5-2-6-17-34;29-24-13-7-12-23(27(24)30)19-14-16-21(17-15-19)26-18-25(20-8-3-1-4-9-20)31-28(32-26)22-10-5-2-6-11-22/h1-34H,(H,54,55);1-29H,45H2;1-18H,30H2. The number of amides is 1. The first-order chi connectivity index (χ1) is 66.1. The average molecular weight is 1790 g/mol. The van der Waals surface area contributed by atoms with Gasteiger partial charge in [-0.25, -0.2) is 29.9 Å². The minimum atomic E-state index is -0.170. The van der Waals surface area contributed by atoms with E-state index in [-0.39, 0.29) is 5.91 Å². The van der Waals surface area contributed by atoms with Crippen LogP contribution in [0.2, 0.25) is 0 Å². The first-order valence-corrected chi connectivity index (χ1v) is 45.3. The molecule has 22 rings (SSSR count). The Bertz CT molecular complexity index is 7770. The van der Waals surface area contributed by atoms with Gasteiger partial charge >= 0.3 is 0 Å². The third kappa shape index (κ3) is 18.5. The van der Waals surface area contributed by atoms with Gasteiger partial charge in [-0.1, -0.05) is 455 Å². The summed E-state index contributed by atoms with van der Waals surface area (Å²) in [6.45, 7) is 0. The van der Waals surface area contributed by atoms with Gasteiger partial charge in [0.25, 0.3) is 5.91 Å². The van der Waals surface area contributed by atoms with Gasteiger partial charge in [0.05, 0.1) is 45.5 Å². The smallest absolute Gasteiger partial charge is 0.255 e. The molecule has 22 aromatic rings. The third-order valence-corrected chi connectivity index (χ3v) is 24.7. The summed E-state index contributed by atoms with van der Waals surface area (Å²) in [5.74, 6) is 1.91.